The summed E-state index contributed by atoms with van der Waals surface area (Å²) in [4.78, 5) is 37.9. The van der Waals surface area contributed by atoms with Crippen LogP contribution in [-0.4, -0.2) is 29.4 Å². The zero-order chi connectivity index (χ0) is 31.9. The summed E-state index contributed by atoms with van der Waals surface area (Å²) in [6, 6.07) is 0. The summed E-state index contributed by atoms with van der Waals surface area (Å²) in [5.41, 5.74) is 0.0824. The van der Waals surface area contributed by atoms with Crippen LogP contribution in [-0.2, 0) is 19.1 Å². The summed E-state index contributed by atoms with van der Waals surface area (Å²) in [5.74, 6) is 2.63. The van der Waals surface area contributed by atoms with Crippen molar-refractivity contribution in [3.63, 3.8) is 0 Å². The highest BCUT2D eigenvalue weighted by molar-refractivity contribution is 5.73. The third kappa shape index (κ3) is 4.61. The Morgan fingerprint density at radius 3 is 2.14 bits per heavy atom. The molecule has 10 atom stereocenters. The lowest BCUT2D eigenvalue weighted by Gasteiger charge is -2.72. The number of aldehydes is 1. The normalized spacial score (nSPS) is 47.2. The number of aliphatic carboxylic acids is 1. The van der Waals surface area contributed by atoms with Crippen molar-refractivity contribution < 1.29 is 24.2 Å². The first kappa shape index (κ1) is 32.5. The van der Waals surface area contributed by atoms with E-state index in [4.69, 9.17) is 4.74 Å². The summed E-state index contributed by atoms with van der Waals surface area (Å²) < 4.78 is 6.38. The molecule has 0 saturated heterocycles. The van der Waals surface area contributed by atoms with Crippen molar-refractivity contribution in [1.29, 1.82) is 0 Å². The second-order valence-corrected chi connectivity index (χ2v) is 18.8. The number of carboxylic acids is 1. The third-order valence-corrected chi connectivity index (χ3v) is 16.6. The van der Waals surface area contributed by atoms with Gasteiger partial charge in [0.1, 0.15) is 12.4 Å². The number of carbonyl (C=O) groups excluding carboxylic acids is 2. The number of esters is 1. The zero-order valence-corrected chi connectivity index (χ0v) is 29.0. The fourth-order valence-electron chi connectivity index (χ4n) is 14.2. The number of carboxylic acid groups (broad SMARTS) is 1. The Kier molecular flexibility index (Phi) is 8.01. The predicted molar refractivity (Wildman–Crippen MR) is 173 cm³/mol. The van der Waals surface area contributed by atoms with Crippen LogP contribution in [0.3, 0.4) is 0 Å². The molecule has 5 heteroatoms. The van der Waals surface area contributed by atoms with Gasteiger partial charge in [-0.25, -0.2) is 0 Å². The minimum Gasteiger partial charge on any atom is -0.481 e. The van der Waals surface area contributed by atoms with Crippen LogP contribution >= 0.6 is 0 Å². The van der Waals surface area contributed by atoms with E-state index < -0.39 is 11.4 Å². The second-order valence-electron chi connectivity index (χ2n) is 18.8. The van der Waals surface area contributed by atoms with Gasteiger partial charge in [0.05, 0.1) is 12.8 Å². The standard InChI is InChI=1S/C39H62O5/c1-25(2)26-12-19-39(24-40)21-20-36(6)27(33(26)39)10-11-29-35(5)17-14-30(34(3,4)28(35)13-18-37(29,36)7)44-32(43)23-38(22-31(41)42)15-8-9-16-38/h24-30,33H,8-23H2,1-7H3,(H,41,42)/t26-,27+,28-,29+,30-,33+,35-,36+,37+,39+/m0/s1. The van der Waals surface area contributed by atoms with Crippen molar-refractivity contribution in [1.82, 2.24) is 0 Å². The molecule has 0 radical (unpaired) electrons. The van der Waals surface area contributed by atoms with Crippen molar-refractivity contribution in [3.05, 3.63) is 0 Å². The van der Waals surface area contributed by atoms with E-state index in [1.165, 1.54) is 44.8 Å². The number of hydrogen-bond acceptors (Lipinski definition) is 4. The summed E-state index contributed by atoms with van der Waals surface area (Å²) in [7, 11) is 0. The molecule has 0 spiro atoms. The molecule has 6 aliphatic rings. The molecular weight excluding hydrogens is 548 g/mol. The molecule has 0 aromatic heterocycles. The number of hydrogen-bond donors (Lipinski definition) is 1. The van der Waals surface area contributed by atoms with Gasteiger partial charge in [0.25, 0.3) is 0 Å². The Labute approximate surface area is 267 Å². The minimum absolute atomic E-state index is 0.0730. The molecule has 0 aromatic carbocycles. The number of rotatable bonds is 7. The van der Waals surface area contributed by atoms with Gasteiger partial charge >= 0.3 is 11.9 Å². The maximum absolute atomic E-state index is 13.4. The first-order valence-electron chi connectivity index (χ1n) is 18.5. The van der Waals surface area contributed by atoms with Crippen LogP contribution in [0.5, 0.6) is 0 Å². The first-order chi connectivity index (χ1) is 20.6. The molecular formula is C39H62O5. The highest BCUT2D eigenvalue weighted by Crippen LogP contribution is 2.77. The monoisotopic (exact) mass is 610 g/mol. The summed E-state index contributed by atoms with van der Waals surface area (Å²) in [5, 5.41) is 9.56. The number of carbonyl (C=O) groups is 3. The molecule has 6 saturated carbocycles. The fourth-order valence-corrected chi connectivity index (χ4v) is 14.2. The van der Waals surface area contributed by atoms with Gasteiger partial charge in [0, 0.05) is 10.8 Å². The maximum Gasteiger partial charge on any atom is 0.306 e. The topological polar surface area (TPSA) is 80.7 Å². The molecule has 6 rings (SSSR count). The van der Waals surface area contributed by atoms with Gasteiger partial charge in [-0.15, -0.1) is 0 Å². The number of ether oxygens (including phenoxy) is 1. The molecule has 6 fully saturated rings. The lowest BCUT2D eigenvalue weighted by atomic mass is 9.32. The number of fused-ring (bicyclic) bond motifs is 7. The largest absolute Gasteiger partial charge is 0.481 e. The van der Waals surface area contributed by atoms with Crippen molar-refractivity contribution in [2.24, 2.45) is 68.0 Å². The van der Waals surface area contributed by atoms with E-state index in [1.54, 1.807) is 0 Å². The molecule has 0 aromatic rings. The van der Waals surface area contributed by atoms with Crippen LogP contribution in [0, 0.1) is 68.0 Å². The molecule has 0 unspecified atom stereocenters. The predicted octanol–water partition coefficient (Wildman–Crippen LogP) is 9.26. The Hall–Kier alpha value is -1.39. The highest BCUT2D eigenvalue weighted by Gasteiger charge is 2.71. The summed E-state index contributed by atoms with van der Waals surface area (Å²) in [6.07, 6.45) is 16.8. The molecule has 0 amide bonds. The van der Waals surface area contributed by atoms with Gasteiger partial charge in [-0.1, -0.05) is 61.3 Å². The van der Waals surface area contributed by atoms with Crippen LogP contribution in [0.2, 0.25) is 0 Å². The molecule has 44 heavy (non-hydrogen) atoms. The summed E-state index contributed by atoms with van der Waals surface area (Å²) in [6.45, 7) is 17.4. The van der Waals surface area contributed by atoms with Crippen LogP contribution in [0.1, 0.15) is 151 Å². The van der Waals surface area contributed by atoms with E-state index in [1.807, 2.05) is 0 Å². The molecule has 5 nitrogen and oxygen atoms in total. The maximum atomic E-state index is 13.4. The van der Waals surface area contributed by atoms with Crippen molar-refractivity contribution >= 4 is 18.2 Å². The van der Waals surface area contributed by atoms with Gasteiger partial charge in [-0.2, -0.15) is 0 Å². The van der Waals surface area contributed by atoms with E-state index >= 15 is 0 Å². The van der Waals surface area contributed by atoms with Gasteiger partial charge < -0.3 is 14.6 Å². The summed E-state index contributed by atoms with van der Waals surface area (Å²) >= 11 is 0. The lowest BCUT2D eigenvalue weighted by Crippen LogP contribution is -2.67. The quantitative estimate of drug-likeness (QED) is 0.230. The molecule has 0 heterocycles. The average molecular weight is 611 g/mol. The first-order valence-corrected chi connectivity index (χ1v) is 18.5. The van der Waals surface area contributed by atoms with Crippen LogP contribution in [0.25, 0.3) is 0 Å². The fraction of sp³-hybridized carbons (Fsp3) is 0.923. The van der Waals surface area contributed by atoms with Crippen LogP contribution < -0.4 is 0 Å². The van der Waals surface area contributed by atoms with Crippen molar-refractivity contribution in [2.45, 2.75) is 157 Å². The average Bonchev–Trinajstić information content (AvgIpc) is 3.55. The molecule has 0 bridgehead atoms. The van der Waals surface area contributed by atoms with Gasteiger partial charge in [-0.05, 0) is 134 Å². The molecule has 1 N–H and O–H groups in total. The van der Waals surface area contributed by atoms with E-state index in [-0.39, 0.29) is 52.0 Å². The van der Waals surface area contributed by atoms with Crippen molar-refractivity contribution in [2.75, 3.05) is 0 Å². The SMILES string of the molecule is CC(C)[C@@H]1CC[C@]2(C=O)CC[C@]3(C)[C@H](CC[C@@H]4[C@@]5(C)CC[C@H](OC(=O)CC6(CC(=O)O)CCCC6)C(C)(C)[C@@H]5CC[C@]43C)[C@@H]12. The lowest BCUT2D eigenvalue weighted by molar-refractivity contribution is -0.249. The Balaban J connectivity index is 1.22. The Bertz CT molecular complexity index is 1150. The van der Waals surface area contributed by atoms with Gasteiger partial charge in [0.15, 0.2) is 0 Å². The minimum atomic E-state index is -0.801. The van der Waals surface area contributed by atoms with E-state index in [2.05, 4.69) is 48.5 Å². The highest BCUT2D eigenvalue weighted by atomic mass is 16.5. The van der Waals surface area contributed by atoms with Crippen LogP contribution in [0.15, 0.2) is 0 Å². The molecule has 6 aliphatic carbocycles. The van der Waals surface area contributed by atoms with Crippen LogP contribution in [0.4, 0.5) is 0 Å². The third-order valence-electron chi connectivity index (χ3n) is 16.6. The Morgan fingerprint density at radius 2 is 1.50 bits per heavy atom. The van der Waals surface area contributed by atoms with E-state index in [9.17, 15) is 19.5 Å². The van der Waals surface area contributed by atoms with Gasteiger partial charge in [0.2, 0.25) is 0 Å². The van der Waals surface area contributed by atoms with E-state index in [0.717, 1.165) is 51.4 Å². The smallest absolute Gasteiger partial charge is 0.306 e. The van der Waals surface area contributed by atoms with Crippen molar-refractivity contribution in [3.8, 4) is 0 Å². The zero-order valence-electron chi connectivity index (χ0n) is 29.0. The Morgan fingerprint density at radius 1 is 0.795 bits per heavy atom. The second kappa shape index (κ2) is 10.8. The van der Waals surface area contributed by atoms with E-state index in [0.29, 0.717) is 35.5 Å². The van der Waals surface area contributed by atoms with Gasteiger partial charge in [-0.3, -0.25) is 9.59 Å². The molecule has 0 aliphatic heterocycles. The molecule has 248 valence electrons.